The maximum absolute atomic E-state index is 13.2. The van der Waals surface area contributed by atoms with Crippen LogP contribution in [0.5, 0.6) is 0 Å². The second-order valence-electron chi connectivity index (χ2n) is 8.81. The second kappa shape index (κ2) is 7.56. The van der Waals surface area contributed by atoms with Crippen LogP contribution in [0.1, 0.15) is 43.2 Å². The van der Waals surface area contributed by atoms with Crippen LogP contribution < -0.4 is 5.56 Å². The summed E-state index contributed by atoms with van der Waals surface area (Å²) in [5.74, 6) is 0. The van der Waals surface area contributed by atoms with E-state index in [4.69, 9.17) is 0 Å². The molecular formula is C23H27N3O3S. The molecule has 1 aliphatic heterocycles. The number of fused-ring (bicyclic) bond motifs is 1. The minimum absolute atomic E-state index is 0.0382. The van der Waals surface area contributed by atoms with Gasteiger partial charge >= 0.3 is 0 Å². The third-order valence-electron chi connectivity index (χ3n) is 5.62. The van der Waals surface area contributed by atoms with Gasteiger partial charge in [0.25, 0.3) is 5.56 Å². The van der Waals surface area contributed by atoms with Gasteiger partial charge in [0.05, 0.1) is 23.7 Å². The van der Waals surface area contributed by atoms with Crippen LogP contribution in [0.15, 0.2) is 64.3 Å². The van der Waals surface area contributed by atoms with Crippen LogP contribution in [0.2, 0.25) is 0 Å². The van der Waals surface area contributed by atoms with E-state index >= 15 is 0 Å². The first-order chi connectivity index (χ1) is 14.2. The molecule has 0 unspecified atom stereocenters. The van der Waals surface area contributed by atoms with E-state index in [0.717, 1.165) is 11.1 Å². The molecule has 1 aromatic heterocycles. The van der Waals surface area contributed by atoms with Crippen LogP contribution in [-0.2, 0) is 34.9 Å². The Bertz CT molecular complexity index is 1200. The van der Waals surface area contributed by atoms with Gasteiger partial charge in [-0.1, -0.05) is 63.2 Å². The molecule has 3 aromatic rings. The SMILES string of the molecule is CC(C)(C)c1ccc(S(=O)(=O)N2CCc3c([nH]n(Cc4ccccc4)c3=O)C2)cc1. The molecular weight excluding hydrogens is 398 g/mol. The fourth-order valence-electron chi connectivity index (χ4n) is 3.81. The lowest BCUT2D eigenvalue weighted by Gasteiger charge is -2.26. The highest BCUT2D eigenvalue weighted by Gasteiger charge is 2.31. The minimum atomic E-state index is -3.63. The predicted octanol–water partition coefficient (Wildman–Crippen LogP) is 3.27. The lowest BCUT2D eigenvalue weighted by molar-refractivity contribution is 0.386. The second-order valence-corrected chi connectivity index (χ2v) is 10.7. The molecule has 2 heterocycles. The van der Waals surface area contributed by atoms with E-state index in [-0.39, 0.29) is 22.4 Å². The molecule has 1 N–H and O–H groups in total. The topological polar surface area (TPSA) is 75.2 Å². The molecule has 0 saturated carbocycles. The molecule has 0 aliphatic carbocycles. The summed E-state index contributed by atoms with van der Waals surface area (Å²) < 4.78 is 29.3. The summed E-state index contributed by atoms with van der Waals surface area (Å²) in [6.07, 6.45) is 0.408. The zero-order valence-electron chi connectivity index (χ0n) is 17.6. The van der Waals surface area contributed by atoms with Crippen molar-refractivity contribution in [3.63, 3.8) is 0 Å². The quantitative estimate of drug-likeness (QED) is 0.697. The number of rotatable bonds is 4. The van der Waals surface area contributed by atoms with Gasteiger partial charge in [0.1, 0.15) is 0 Å². The zero-order valence-corrected chi connectivity index (χ0v) is 18.4. The van der Waals surface area contributed by atoms with Gasteiger partial charge in [-0.3, -0.25) is 9.89 Å². The molecule has 6 nitrogen and oxygen atoms in total. The number of aromatic amines is 1. The Hall–Kier alpha value is -2.64. The molecule has 158 valence electrons. The van der Waals surface area contributed by atoms with Gasteiger partial charge in [-0.05, 0) is 35.1 Å². The molecule has 0 bridgehead atoms. The minimum Gasteiger partial charge on any atom is -0.298 e. The van der Waals surface area contributed by atoms with Crippen LogP contribution >= 0.6 is 0 Å². The maximum Gasteiger partial charge on any atom is 0.270 e. The van der Waals surface area contributed by atoms with Gasteiger partial charge in [0, 0.05) is 12.1 Å². The van der Waals surface area contributed by atoms with Gasteiger partial charge in [0.2, 0.25) is 10.0 Å². The van der Waals surface area contributed by atoms with E-state index in [2.05, 4.69) is 25.9 Å². The Morgan fingerprint density at radius 3 is 2.30 bits per heavy atom. The van der Waals surface area contributed by atoms with Gasteiger partial charge in [-0.25, -0.2) is 13.1 Å². The number of aromatic nitrogens is 2. The maximum atomic E-state index is 13.2. The van der Waals surface area contributed by atoms with Gasteiger partial charge in [-0.2, -0.15) is 4.31 Å². The Morgan fingerprint density at radius 2 is 1.67 bits per heavy atom. The summed E-state index contributed by atoms with van der Waals surface area (Å²) in [4.78, 5) is 13.0. The molecule has 0 amide bonds. The summed E-state index contributed by atoms with van der Waals surface area (Å²) in [5, 5.41) is 3.13. The summed E-state index contributed by atoms with van der Waals surface area (Å²) >= 11 is 0. The number of benzene rings is 2. The predicted molar refractivity (Wildman–Crippen MR) is 117 cm³/mol. The lowest BCUT2D eigenvalue weighted by Crippen LogP contribution is -2.37. The summed E-state index contributed by atoms with van der Waals surface area (Å²) in [7, 11) is -3.63. The molecule has 7 heteroatoms. The van der Waals surface area contributed by atoms with E-state index in [1.54, 1.807) is 16.8 Å². The lowest BCUT2D eigenvalue weighted by atomic mass is 9.87. The average Bonchev–Trinajstić information content (AvgIpc) is 3.03. The molecule has 1 aliphatic rings. The van der Waals surface area contributed by atoms with Crippen molar-refractivity contribution in [2.75, 3.05) is 6.54 Å². The normalized spacial score (nSPS) is 15.2. The van der Waals surface area contributed by atoms with Gasteiger partial charge < -0.3 is 0 Å². The summed E-state index contributed by atoms with van der Waals surface area (Å²) in [5.41, 5.74) is 3.35. The summed E-state index contributed by atoms with van der Waals surface area (Å²) in [6, 6.07) is 16.8. The van der Waals surface area contributed by atoms with Crippen LogP contribution in [0.4, 0.5) is 0 Å². The molecule has 0 saturated heterocycles. The standard InChI is InChI=1S/C23H27N3O3S/c1-23(2,3)18-9-11-19(12-10-18)30(28,29)25-14-13-20-21(16-25)24-26(22(20)27)15-17-7-5-4-6-8-17/h4-12,24H,13-16H2,1-3H3. The van der Waals surface area contributed by atoms with Crippen molar-refractivity contribution in [2.24, 2.45) is 0 Å². The molecule has 0 spiro atoms. The van der Waals surface area contributed by atoms with Crippen molar-refractivity contribution in [1.29, 1.82) is 0 Å². The van der Waals surface area contributed by atoms with Crippen LogP contribution in [0, 0.1) is 0 Å². The highest BCUT2D eigenvalue weighted by atomic mass is 32.2. The van der Waals surface area contributed by atoms with Crippen molar-refractivity contribution in [1.82, 2.24) is 14.1 Å². The smallest absolute Gasteiger partial charge is 0.270 e. The number of hydrogen-bond acceptors (Lipinski definition) is 3. The van der Waals surface area contributed by atoms with Crippen LogP contribution in [-0.4, -0.2) is 29.0 Å². The van der Waals surface area contributed by atoms with E-state index in [1.165, 1.54) is 4.31 Å². The Morgan fingerprint density at radius 1 is 1.00 bits per heavy atom. The van der Waals surface area contributed by atoms with Crippen molar-refractivity contribution in [3.05, 3.63) is 87.3 Å². The van der Waals surface area contributed by atoms with Crippen molar-refractivity contribution >= 4 is 10.0 Å². The average molecular weight is 426 g/mol. The summed E-state index contributed by atoms with van der Waals surface area (Å²) in [6.45, 7) is 7.20. The fourth-order valence-corrected chi connectivity index (χ4v) is 5.22. The number of nitrogens with one attached hydrogen (secondary N) is 1. The molecule has 30 heavy (non-hydrogen) atoms. The van der Waals surface area contributed by atoms with Gasteiger partial charge in [-0.15, -0.1) is 0 Å². The Balaban J connectivity index is 1.58. The number of sulfonamides is 1. The van der Waals surface area contributed by atoms with Crippen molar-refractivity contribution in [3.8, 4) is 0 Å². The third-order valence-corrected chi connectivity index (χ3v) is 7.48. The van der Waals surface area contributed by atoms with Crippen LogP contribution in [0.3, 0.4) is 0 Å². The van der Waals surface area contributed by atoms with E-state index in [1.807, 2.05) is 42.5 Å². The Kier molecular flexibility index (Phi) is 5.20. The number of nitrogens with zero attached hydrogens (tertiary/aromatic N) is 2. The van der Waals surface area contributed by atoms with Crippen LogP contribution in [0.25, 0.3) is 0 Å². The first kappa shape index (κ1) is 20.6. The number of hydrogen-bond donors (Lipinski definition) is 1. The highest BCUT2D eigenvalue weighted by Crippen LogP contribution is 2.26. The van der Waals surface area contributed by atoms with Crippen molar-refractivity contribution in [2.45, 2.75) is 50.6 Å². The molecule has 0 atom stereocenters. The van der Waals surface area contributed by atoms with E-state index in [9.17, 15) is 13.2 Å². The highest BCUT2D eigenvalue weighted by molar-refractivity contribution is 7.89. The largest absolute Gasteiger partial charge is 0.298 e. The Labute approximate surface area is 177 Å². The van der Waals surface area contributed by atoms with E-state index in [0.29, 0.717) is 30.8 Å². The third kappa shape index (κ3) is 3.87. The number of H-pyrrole nitrogens is 1. The monoisotopic (exact) mass is 425 g/mol. The van der Waals surface area contributed by atoms with E-state index < -0.39 is 10.0 Å². The fraction of sp³-hybridized carbons (Fsp3) is 0.348. The molecule has 0 fully saturated rings. The molecule has 4 rings (SSSR count). The molecule has 2 aromatic carbocycles. The first-order valence-electron chi connectivity index (χ1n) is 10.1. The van der Waals surface area contributed by atoms with Crippen molar-refractivity contribution < 1.29 is 8.42 Å². The van der Waals surface area contributed by atoms with Gasteiger partial charge in [0.15, 0.2) is 0 Å². The molecule has 0 radical (unpaired) electrons. The first-order valence-corrected chi connectivity index (χ1v) is 11.6. The zero-order chi connectivity index (χ0) is 21.5.